The molecule has 1 saturated carbocycles. The predicted octanol–water partition coefficient (Wildman–Crippen LogP) is 16.3. The summed E-state index contributed by atoms with van der Waals surface area (Å²) in [5.74, 6) is 1.92. The first-order chi connectivity index (χ1) is 29.0. The van der Waals surface area contributed by atoms with Gasteiger partial charge in [0.05, 0.1) is 45.3 Å². The van der Waals surface area contributed by atoms with Crippen LogP contribution in [-0.4, -0.2) is 0 Å². The monoisotopic (exact) mass is 810 g/mol. The van der Waals surface area contributed by atoms with Crippen LogP contribution in [0.1, 0.15) is 54.7 Å². The predicted molar refractivity (Wildman–Crippen MR) is 223 cm³/mol. The van der Waals surface area contributed by atoms with Crippen molar-refractivity contribution in [3.63, 3.8) is 0 Å². The van der Waals surface area contributed by atoms with E-state index in [1.165, 1.54) is 24.3 Å². The number of fused-ring (bicyclic) bond motifs is 4. The molecule has 10 heteroatoms. The van der Waals surface area contributed by atoms with Crippen molar-refractivity contribution in [2.75, 3.05) is 9.80 Å². The van der Waals surface area contributed by atoms with E-state index < -0.39 is 23.5 Å². The standard InChI is InChI=1S/C50H36F6N2O2/c51-49(52,53)34-18-12-16-32(28-34)46-40(57-36-20-4-8-24-42(36)59-43-25-9-5-21-37(43)57)30-41(58-38-22-6-10-26-44(38)60-45-27-11-7-23-39(45)58)47(48(46)31-14-2-1-3-15-31)33-17-13-19-35(29-33)50(54,55)56/h4-13,16-31H,1-3,14-15H2. The summed E-state index contributed by atoms with van der Waals surface area (Å²) in [6, 6.07) is 42.4. The number of para-hydroxylation sites is 8. The Balaban J connectivity index is 1.42. The van der Waals surface area contributed by atoms with Crippen molar-refractivity contribution in [3.05, 3.63) is 168 Å². The third kappa shape index (κ3) is 6.51. The van der Waals surface area contributed by atoms with Gasteiger partial charge in [-0.15, -0.1) is 0 Å². The Morgan fingerprint density at radius 1 is 0.400 bits per heavy atom. The van der Waals surface area contributed by atoms with E-state index >= 15 is 0 Å². The van der Waals surface area contributed by atoms with E-state index in [2.05, 4.69) is 0 Å². The van der Waals surface area contributed by atoms with Gasteiger partial charge in [-0.05, 0) is 114 Å². The van der Waals surface area contributed by atoms with Gasteiger partial charge in [-0.1, -0.05) is 92.1 Å². The summed E-state index contributed by atoms with van der Waals surface area (Å²) in [6.45, 7) is 0. The van der Waals surface area contributed by atoms with Crippen LogP contribution in [-0.2, 0) is 12.4 Å². The Morgan fingerprint density at radius 3 is 1.13 bits per heavy atom. The van der Waals surface area contributed by atoms with Gasteiger partial charge in [-0.2, -0.15) is 26.3 Å². The molecule has 0 bridgehead atoms. The minimum atomic E-state index is -4.66. The van der Waals surface area contributed by atoms with Crippen LogP contribution in [0.3, 0.4) is 0 Å². The fourth-order valence-electron chi connectivity index (χ4n) is 9.06. The molecule has 0 radical (unpaired) electrons. The Labute approximate surface area is 342 Å². The topological polar surface area (TPSA) is 24.9 Å². The number of rotatable bonds is 5. The maximum Gasteiger partial charge on any atom is 0.416 e. The van der Waals surface area contributed by atoms with E-state index in [0.29, 0.717) is 97.8 Å². The number of alkyl halides is 6. The van der Waals surface area contributed by atoms with E-state index in [1.54, 1.807) is 12.1 Å². The minimum absolute atomic E-state index is 0.232. The van der Waals surface area contributed by atoms with Crippen LogP contribution < -0.4 is 19.3 Å². The quantitative estimate of drug-likeness (QED) is 0.162. The molecule has 1 fully saturated rings. The third-order valence-corrected chi connectivity index (χ3v) is 11.6. The highest BCUT2D eigenvalue weighted by molar-refractivity contribution is 6.04. The molecular weight excluding hydrogens is 775 g/mol. The largest absolute Gasteiger partial charge is 0.453 e. The fraction of sp³-hybridized carbons (Fsp3) is 0.160. The zero-order valence-corrected chi connectivity index (χ0v) is 32.0. The average Bonchev–Trinajstić information content (AvgIpc) is 3.26. The number of nitrogens with zero attached hydrogens (tertiary/aromatic N) is 2. The summed E-state index contributed by atoms with van der Waals surface area (Å²) >= 11 is 0. The van der Waals surface area contributed by atoms with Crippen LogP contribution in [0.15, 0.2) is 152 Å². The van der Waals surface area contributed by atoms with Gasteiger partial charge in [0, 0.05) is 11.1 Å². The fourth-order valence-corrected chi connectivity index (χ4v) is 9.06. The number of hydrogen-bond donors (Lipinski definition) is 0. The Kier molecular flexibility index (Phi) is 9.11. The Hall–Kier alpha value is -6.68. The first-order valence-electron chi connectivity index (χ1n) is 19.9. The van der Waals surface area contributed by atoms with E-state index in [0.717, 1.165) is 31.4 Å². The zero-order valence-electron chi connectivity index (χ0n) is 32.0. The molecule has 7 aromatic rings. The van der Waals surface area contributed by atoms with Crippen LogP contribution in [0.5, 0.6) is 23.0 Å². The van der Waals surface area contributed by atoms with Crippen molar-refractivity contribution in [2.24, 2.45) is 0 Å². The molecule has 300 valence electrons. The number of anilines is 6. The Bertz CT molecular complexity index is 2500. The van der Waals surface area contributed by atoms with Gasteiger partial charge in [-0.25, -0.2) is 0 Å². The highest BCUT2D eigenvalue weighted by atomic mass is 19.4. The second-order valence-corrected chi connectivity index (χ2v) is 15.3. The zero-order chi connectivity index (χ0) is 41.2. The van der Waals surface area contributed by atoms with Crippen LogP contribution in [0.25, 0.3) is 22.3 Å². The van der Waals surface area contributed by atoms with Crippen molar-refractivity contribution in [2.45, 2.75) is 50.4 Å². The summed E-state index contributed by atoms with van der Waals surface area (Å²) in [4.78, 5) is 4.04. The molecule has 0 N–H and O–H groups in total. The van der Waals surface area contributed by atoms with E-state index in [1.807, 2.05) is 113 Å². The number of benzene rings is 7. The van der Waals surface area contributed by atoms with Crippen molar-refractivity contribution >= 4 is 34.1 Å². The van der Waals surface area contributed by atoms with Gasteiger partial charge in [0.2, 0.25) is 0 Å². The van der Waals surface area contributed by atoms with E-state index in [9.17, 15) is 26.3 Å². The summed E-state index contributed by atoms with van der Waals surface area (Å²) < 4.78 is 101. The van der Waals surface area contributed by atoms with Crippen LogP contribution >= 0.6 is 0 Å². The molecule has 3 aliphatic rings. The van der Waals surface area contributed by atoms with Gasteiger partial charge in [-0.3, -0.25) is 0 Å². The van der Waals surface area contributed by atoms with Crippen LogP contribution in [0.4, 0.5) is 60.5 Å². The molecule has 0 aromatic heterocycles. The molecule has 1 aliphatic carbocycles. The molecule has 2 aliphatic heterocycles. The number of halogens is 6. The first kappa shape index (κ1) is 37.6. The normalized spacial score (nSPS) is 15.0. The van der Waals surface area contributed by atoms with E-state index in [4.69, 9.17) is 9.47 Å². The lowest BCUT2D eigenvalue weighted by atomic mass is 9.75. The van der Waals surface area contributed by atoms with Gasteiger partial charge >= 0.3 is 12.4 Å². The summed E-state index contributed by atoms with van der Waals surface area (Å²) in [7, 11) is 0. The second kappa shape index (κ2) is 14.5. The van der Waals surface area contributed by atoms with Crippen molar-refractivity contribution in [1.82, 2.24) is 0 Å². The highest BCUT2D eigenvalue weighted by Gasteiger charge is 2.39. The molecule has 2 heterocycles. The van der Waals surface area contributed by atoms with Crippen molar-refractivity contribution in [1.29, 1.82) is 0 Å². The van der Waals surface area contributed by atoms with Gasteiger partial charge < -0.3 is 19.3 Å². The molecule has 0 amide bonds. The van der Waals surface area contributed by atoms with Crippen LogP contribution in [0.2, 0.25) is 0 Å². The smallest absolute Gasteiger partial charge is 0.416 e. The number of hydrogen-bond acceptors (Lipinski definition) is 4. The highest BCUT2D eigenvalue weighted by Crippen LogP contribution is 2.61. The Morgan fingerprint density at radius 2 is 0.767 bits per heavy atom. The summed E-state index contributed by atoms with van der Waals surface area (Å²) in [5, 5.41) is 0. The SMILES string of the molecule is FC(F)(F)c1cccc(-c2c(N3c4ccccc4Oc4ccccc43)cc(N3c4ccccc4Oc4ccccc43)c(-c3cccc(C(F)(F)F)c3)c2C2CCCCC2)c1. The summed E-state index contributed by atoms with van der Waals surface area (Å²) in [6.07, 6.45) is -5.29. The molecule has 0 spiro atoms. The van der Waals surface area contributed by atoms with Gasteiger partial charge in [0.1, 0.15) is 0 Å². The lowest BCUT2D eigenvalue weighted by Crippen LogP contribution is -2.22. The van der Waals surface area contributed by atoms with Crippen molar-refractivity contribution in [3.8, 4) is 45.3 Å². The van der Waals surface area contributed by atoms with E-state index in [-0.39, 0.29) is 5.92 Å². The molecule has 7 aromatic carbocycles. The molecule has 60 heavy (non-hydrogen) atoms. The van der Waals surface area contributed by atoms with Crippen LogP contribution in [0, 0.1) is 0 Å². The second-order valence-electron chi connectivity index (χ2n) is 15.3. The lowest BCUT2D eigenvalue weighted by Gasteiger charge is -2.40. The molecule has 4 nitrogen and oxygen atoms in total. The minimum Gasteiger partial charge on any atom is -0.453 e. The molecular formula is C50H36F6N2O2. The molecule has 0 unspecified atom stereocenters. The molecule has 0 saturated heterocycles. The van der Waals surface area contributed by atoms with Crippen molar-refractivity contribution < 1.29 is 35.8 Å². The lowest BCUT2D eigenvalue weighted by molar-refractivity contribution is -0.138. The van der Waals surface area contributed by atoms with Gasteiger partial charge in [0.25, 0.3) is 0 Å². The maximum absolute atomic E-state index is 14.7. The number of ether oxygens (including phenoxy) is 2. The molecule has 0 atom stereocenters. The first-order valence-corrected chi connectivity index (χ1v) is 19.9. The summed E-state index contributed by atoms with van der Waals surface area (Å²) in [5.41, 5.74) is 4.33. The average molecular weight is 811 g/mol. The molecule has 10 rings (SSSR count). The maximum atomic E-state index is 14.7. The third-order valence-electron chi connectivity index (χ3n) is 11.6. The van der Waals surface area contributed by atoms with Gasteiger partial charge in [0.15, 0.2) is 23.0 Å².